The van der Waals surface area contributed by atoms with Crippen molar-refractivity contribution in [2.45, 2.75) is 48.4 Å². The number of nitrogens with one attached hydrogen (secondary N) is 1. The highest BCUT2D eigenvalue weighted by Gasteiger charge is 2.33. The number of methoxy groups -OCH3 is 2. The number of carbonyl (C=O) groups excluding carboxylic acids is 1. The minimum absolute atomic E-state index is 0.122. The van der Waals surface area contributed by atoms with Gasteiger partial charge in [0, 0.05) is 23.6 Å². The quantitative estimate of drug-likeness (QED) is 0.385. The second kappa shape index (κ2) is 12.8. The lowest BCUT2D eigenvalue weighted by molar-refractivity contribution is -0.137. The molecular formula is C25H31F3N2O5S2. The molecule has 0 radical (unpaired) electrons. The van der Waals surface area contributed by atoms with Crippen molar-refractivity contribution in [3.8, 4) is 11.5 Å². The first-order valence-electron chi connectivity index (χ1n) is 11.9. The molecule has 0 atom stereocenters. The van der Waals surface area contributed by atoms with Crippen molar-refractivity contribution in [1.82, 2.24) is 5.32 Å². The molecule has 204 valence electrons. The van der Waals surface area contributed by atoms with Crippen LogP contribution in [0.4, 0.5) is 18.9 Å². The molecule has 12 heteroatoms. The highest BCUT2D eigenvalue weighted by atomic mass is 32.2. The summed E-state index contributed by atoms with van der Waals surface area (Å²) in [4.78, 5) is 12.5. The number of alkyl halides is 3. The number of rotatable bonds is 11. The average molecular weight is 561 g/mol. The maximum Gasteiger partial charge on any atom is 0.416 e. The highest BCUT2D eigenvalue weighted by Crippen LogP contribution is 2.35. The molecule has 7 nitrogen and oxygen atoms in total. The fourth-order valence-corrected chi connectivity index (χ4v) is 6.74. The van der Waals surface area contributed by atoms with Crippen molar-refractivity contribution in [2.75, 3.05) is 37.4 Å². The van der Waals surface area contributed by atoms with Crippen LogP contribution in [0.2, 0.25) is 0 Å². The van der Waals surface area contributed by atoms with E-state index in [1.54, 1.807) is 11.8 Å². The third-order valence-electron chi connectivity index (χ3n) is 6.02. The highest BCUT2D eigenvalue weighted by molar-refractivity contribution is 7.99. The molecule has 1 fully saturated rings. The Bertz CT molecular complexity index is 1170. The summed E-state index contributed by atoms with van der Waals surface area (Å²) in [5.41, 5.74) is -1.31. The summed E-state index contributed by atoms with van der Waals surface area (Å²) in [6.07, 6.45) is 1.24. The van der Waals surface area contributed by atoms with Crippen molar-refractivity contribution in [2.24, 2.45) is 0 Å². The number of nitrogens with zero attached hydrogens (tertiary/aromatic N) is 1. The topological polar surface area (TPSA) is 84.9 Å². The molecule has 37 heavy (non-hydrogen) atoms. The molecule has 1 aliphatic rings. The lowest BCUT2D eigenvalue weighted by Gasteiger charge is -2.25. The van der Waals surface area contributed by atoms with Crippen LogP contribution in [-0.4, -0.2) is 52.6 Å². The van der Waals surface area contributed by atoms with E-state index in [-0.39, 0.29) is 22.1 Å². The Morgan fingerprint density at radius 2 is 1.76 bits per heavy atom. The molecule has 2 aromatic rings. The van der Waals surface area contributed by atoms with Crippen LogP contribution in [-0.2, 0) is 21.0 Å². The lowest BCUT2D eigenvalue weighted by Crippen LogP contribution is -2.41. The van der Waals surface area contributed by atoms with Gasteiger partial charge in [-0.15, -0.1) is 0 Å². The smallest absolute Gasteiger partial charge is 0.416 e. The Kier molecular flexibility index (Phi) is 10.00. The van der Waals surface area contributed by atoms with Gasteiger partial charge in [-0.1, -0.05) is 25.3 Å². The van der Waals surface area contributed by atoms with Crippen LogP contribution >= 0.6 is 11.8 Å². The van der Waals surface area contributed by atoms with Crippen LogP contribution < -0.4 is 19.1 Å². The summed E-state index contributed by atoms with van der Waals surface area (Å²) in [6.45, 7) is -0.362. The predicted octanol–water partition coefficient (Wildman–Crippen LogP) is 5.10. The number of hydrogen-bond acceptors (Lipinski definition) is 6. The van der Waals surface area contributed by atoms with Gasteiger partial charge in [0.1, 0.15) is 6.54 Å². The van der Waals surface area contributed by atoms with Gasteiger partial charge in [-0.2, -0.15) is 24.9 Å². The van der Waals surface area contributed by atoms with E-state index < -0.39 is 34.2 Å². The first kappa shape index (κ1) is 29.0. The normalized spacial score (nSPS) is 14.7. The standard InChI is InChI=1S/C25H31F3N2O5S2/c1-34-22-12-11-21(16-23(22)35-2)37(32,33)30(19-8-6-7-18(15-19)25(26,27)28)17-24(31)29-13-14-36-20-9-4-3-5-10-20/h6-8,11-12,15-16,20H,3-5,9-10,13-14,17H2,1-2H3,(H,29,31). The van der Waals surface area contributed by atoms with Crippen molar-refractivity contribution < 1.29 is 35.9 Å². The fourth-order valence-electron chi connectivity index (χ4n) is 4.09. The Hall–Kier alpha value is -2.60. The molecule has 1 aliphatic carbocycles. The largest absolute Gasteiger partial charge is 0.493 e. The number of hydrogen-bond donors (Lipinski definition) is 1. The Morgan fingerprint density at radius 1 is 1.05 bits per heavy atom. The lowest BCUT2D eigenvalue weighted by atomic mass is 10.0. The molecule has 0 heterocycles. The van der Waals surface area contributed by atoms with Gasteiger partial charge >= 0.3 is 6.18 Å². The van der Waals surface area contributed by atoms with E-state index in [0.717, 1.165) is 25.0 Å². The third kappa shape index (κ3) is 7.70. The van der Waals surface area contributed by atoms with E-state index in [1.165, 1.54) is 57.7 Å². The molecule has 1 N–H and O–H groups in total. The summed E-state index contributed by atoms with van der Waals surface area (Å²) >= 11 is 1.77. The second-order valence-electron chi connectivity index (χ2n) is 8.56. The van der Waals surface area contributed by atoms with Gasteiger partial charge in [-0.05, 0) is 43.2 Å². The number of amides is 1. The molecule has 0 unspecified atom stereocenters. The first-order chi connectivity index (χ1) is 17.6. The van der Waals surface area contributed by atoms with E-state index in [0.29, 0.717) is 27.9 Å². The molecule has 0 aromatic heterocycles. The summed E-state index contributed by atoms with van der Waals surface area (Å²) in [5.74, 6) is 0.449. The molecule has 3 rings (SSSR count). The molecule has 1 amide bonds. The Labute approximate surface area is 219 Å². The van der Waals surface area contributed by atoms with Gasteiger partial charge < -0.3 is 14.8 Å². The van der Waals surface area contributed by atoms with E-state index in [4.69, 9.17) is 9.47 Å². The Morgan fingerprint density at radius 3 is 2.41 bits per heavy atom. The minimum atomic E-state index is -4.69. The maximum absolute atomic E-state index is 13.6. The number of thioether (sulfide) groups is 1. The van der Waals surface area contributed by atoms with Crippen LogP contribution in [0.5, 0.6) is 11.5 Å². The minimum Gasteiger partial charge on any atom is -0.493 e. The van der Waals surface area contributed by atoms with E-state index in [2.05, 4.69) is 5.32 Å². The third-order valence-corrected chi connectivity index (χ3v) is 9.17. The molecular weight excluding hydrogens is 529 g/mol. The molecule has 1 saturated carbocycles. The number of benzene rings is 2. The van der Waals surface area contributed by atoms with Gasteiger partial charge in [0.15, 0.2) is 11.5 Å². The zero-order chi connectivity index (χ0) is 27.1. The van der Waals surface area contributed by atoms with Crippen LogP contribution in [0, 0.1) is 0 Å². The van der Waals surface area contributed by atoms with E-state index in [9.17, 15) is 26.4 Å². The molecule has 0 bridgehead atoms. The van der Waals surface area contributed by atoms with Gasteiger partial charge in [0.05, 0.1) is 30.4 Å². The van der Waals surface area contributed by atoms with Gasteiger partial charge in [0.2, 0.25) is 5.91 Å². The average Bonchev–Trinajstić information content (AvgIpc) is 2.89. The number of anilines is 1. The molecule has 0 spiro atoms. The first-order valence-corrected chi connectivity index (χ1v) is 14.4. The van der Waals surface area contributed by atoms with Crippen molar-refractivity contribution in [3.05, 3.63) is 48.0 Å². The van der Waals surface area contributed by atoms with Crippen LogP contribution in [0.3, 0.4) is 0 Å². The summed E-state index contributed by atoms with van der Waals surface area (Å²) in [6, 6.07) is 7.70. The fraction of sp³-hybridized carbons (Fsp3) is 0.480. The van der Waals surface area contributed by atoms with Crippen LogP contribution in [0.15, 0.2) is 47.4 Å². The van der Waals surface area contributed by atoms with Gasteiger partial charge in [-0.3, -0.25) is 9.10 Å². The zero-order valence-electron chi connectivity index (χ0n) is 20.7. The van der Waals surface area contributed by atoms with Crippen LogP contribution in [0.25, 0.3) is 0 Å². The van der Waals surface area contributed by atoms with Crippen molar-refractivity contribution in [3.63, 3.8) is 0 Å². The Balaban J connectivity index is 1.84. The number of ether oxygens (including phenoxy) is 2. The van der Waals surface area contributed by atoms with Crippen molar-refractivity contribution in [1.29, 1.82) is 0 Å². The van der Waals surface area contributed by atoms with Crippen molar-refractivity contribution >= 4 is 33.4 Å². The summed E-state index contributed by atoms with van der Waals surface area (Å²) < 4.78 is 78.3. The van der Waals surface area contributed by atoms with E-state index in [1.807, 2.05) is 0 Å². The predicted molar refractivity (Wildman–Crippen MR) is 138 cm³/mol. The summed E-state index contributed by atoms with van der Waals surface area (Å²) in [5, 5.41) is 3.25. The van der Waals surface area contributed by atoms with Crippen LogP contribution in [0.1, 0.15) is 37.7 Å². The maximum atomic E-state index is 13.6. The molecule has 0 aliphatic heterocycles. The van der Waals surface area contributed by atoms with Gasteiger partial charge in [0.25, 0.3) is 10.0 Å². The second-order valence-corrected chi connectivity index (χ2v) is 11.8. The summed E-state index contributed by atoms with van der Waals surface area (Å²) in [7, 11) is -1.73. The monoisotopic (exact) mass is 560 g/mol. The number of sulfonamides is 1. The van der Waals surface area contributed by atoms with E-state index >= 15 is 0 Å². The van der Waals surface area contributed by atoms with Gasteiger partial charge in [-0.25, -0.2) is 8.42 Å². The SMILES string of the molecule is COc1ccc(S(=O)(=O)N(CC(=O)NCCSC2CCCCC2)c2cccc(C(F)(F)F)c2)cc1OC. The number of carbonyl (C=O) groups is 1. The molecule has 2 aromatic carbocycles. The molecule has 0 saturated heterocycles. The number of halogens is 3. The zero-order valence-corrected chi connectivity index (χ0v) is 22.3.